The molecule has 0 bridgehead atoms. The molecule has 0 aliphatic carbocycles. The van der Waals surface area contributed by atoms with E-state index in [0.29, 0.717) is 0 Å². The van der Waals surface area contributed by atoms with Crippen molar-refractivity contribution in [2.45, 2.75) is 13.3 Å². The Morgan fingerprint density at radius 3 is 2.83 bits per heavy atom. The van der Waals surface area contributed by atoms with Gasteiger partial charge in [-0.1, -0.05) is 17.7 Å². The van der Waals surface area contributed by atoms with Crippen molar-refractivity contribution in [2.75, 3.05) is 19.6 Å². The van der Waals surface area contributed by atoms with Gasteiger partial charge in [-0.15, -0.1) is 41.9 Å². The number of halogens is 2. The molecule has 0 aliphatic heterocycles. The van der Waals surface area contributed by atoms with E-state index in [1.54, 1.807) is 11.3 Å². The fourth-order valence-corrected chi connectivity index (χ4v) is 2.35. The van der Waals surface area contributed by atoms with Gasteiger partial charge >= 0.3 is 0 Å². The molecule has 0 aromatic carbocycles. The molecule has 1 aromatic heterocycles. The molecule has 0 aliphatic rings. The molecule has 0 atom stereocenters. The van der Waals surface area contributed by atoms with Crippen molar-refractivity contribution in [1.82, 2.24) is 10.6 Å². The second kappa shape index (κ2) is 10.6. The van der Waals surface area contributed by atoms with E-state index in [9.17, 15) is 0 Å². The summed E-state index contributed by atoms with van der Waals surface area (Å²) < 4.78 is 0.834. The van der Waals surface area contributed by atoms with Crippen LogP contribution in [0, 0.1) is 0 Å². The van der Waals surface area contributed by atoms with Crippen LogP contribution in [0.3, 0.4) is 0 Å². The Morgan fingerprint density at radius 2 is 2.28 bits per heavy atom. The highest BCUT2D eigenvalue weighted by molar-refractivity contribution is 14.0. The van der Waals surface area contributed by atoms with Crippen LogP contribution >= 0.6 is 46.9 Å². The summed E-state index contributed by atoms with van der Waals surface area (Å²) in [6.07, 6.45) is 2.73. The van der Waals surface area contributed by atoms with Gasteiger partial charge in [0.05, 0.1) is 4.34 Å². The topological polar surface area (TPSA) is 36.4 Å². The van der Waals surface area contributed by atoms with Crippen molar-refractivity contribution in [3.63, 3.8) is 0 Å². The van der Waals surface area contributed by atoms with Gasteiger partial charge in [-0.05, 0) is 19.1 Å². The molecule has 0 unspecified atom stereocenters. The van der Waals surface area contributed by atoms with Crippen molar-refractivity contribution in [3.8, 4) is 0 Å². The maximum Gasteiger partial charge on any atom is 0.191 e. The van der Waals surface area contributed by atoms with Gasteiger partial charge < -0.3 is 10.6 Å². The highest BCUT2D eigenvalue weighted by atomic mass is 127. The number of nitrogens with zero attached hydrogens (tertiary/aromatic N) is 1. The van der Waals surface area contributed by atoms with Crippen LogP contribution < -0.4 is 10.6 Å². The second-order valence-electron chi connectivity index (χ2n) is 3.39. The number of hydrogen-bond donors (Lipinski definition) is 2. The normalized spacial score (nSPS) is 10.7. The first kappa shape index (κ1) is 17.7. The predicted octanol–water partition coefficient (Wildman–Crippen LogP) is 3.30. The molecular weight excluding hydrogens is 381 g/mol. The van der Waals surface area contributed by atoms with Crippen molar-refractivity contribution < 1.29 is 0 Å². The van der Waals surface area contributed by atoms with Crippen molar-refractivity contribution in [2.24, 2.45) is 4.99 Å². The van der Waals surface area contributed by atoms with Gasteiger partial charge in [0, 0.05) is 30.9 Å². The van der Waals surface area contributed by atoms with Crippen LogP contribution in [0.4, 0.5) is 0 Å². The minimum atomic E-state index is 0. The number of nitrogens with one attached hydrogen (secondary N) is 2. The third-order valence-corrected chi connectivity index (χ3v) is 3.31. The Bertz CT molecular complexity index is 379. The number of thiophene rings is 1. The second-order valence-corrected chi connectivity index (χ2v) is 5.19. The molecule has 1 heterocycles. The number of guanidine groups is 1. The first-order chi connectivity index (χ1) is 8.26. The van der Waals surface area contributed by atoms with Crippen LogP contribution in [-0.4, -0.2) is 25.6 Å². The van der Waals surface area contributed by atoms with E-state index in [-0.39, 0.29) is 24.0 Å². The molecule has 18 heavy (non-hydrogen) atoms. The van der Waals surface area contributed by atoms with Crippen LogP contribution in [0.25, 0.3) is 0 Å². The molecule has 0 amide bonds. The molecule has 1 aromatic rings. The van der Waals surface area contributed by atoms with Gasteiger partial charge in [0.2, 0.25) is 0 Å². The van der Waals surface area contributed by atoms with Gasteiger partial charge in [-0.2, -0.15) is 0 Å². The van der Waals surface area contributed by atoms with Crippen molar-refractivity contribution in [1.29, 1.82) is 0 Å². The predicted molar refractivity (Wildman–Crippen MR) is 92.6 cm³/mol. The van der Waals surface area contributed by atoms with Gasteiger partial charge in [0.25, 0.3) is 0 Å². The average molecular weight is 400 g/mol. The quantitative estimate of drug-likeness (QED) is 0.333. The number of aliphatic imine (C=N–C) groups is 1. The molecule has 1 rings (SSSR count). The Labute approximate surface area is 135 Å². The SMILES string of the molecule is C=CCNC(=NCCc1ccc(Cl)s1)NCC.I. The molecule has 0 radical (unpaired) electrons. The summed E-state index contributed by atoms with van der Waals surface area (Å²) in [5, 5.41) is 6.34. The molecule has 102 valence electrons. The monoisotopic (exact) mass is 399 g/mol. The van der Waals surface area contributed by atoms with Crippen molar-refractivity contribution in [3.05, 3.63) is 34.0 Å². The third-order valence-electron chi connectivity index (χ3n) is 2.02. The van der Waals surface area contributed by atoms with Gasteiger partial charge in [0.15, 0.2) is 5.96 Å². The van der Waals surface area contributed by atoms with E-state index in [1.165, 1.54) is 4.88 Å². The largest absolute Gasteiger partial charge is 0.357 e. The van der Waals surface area contributed by atoms with E-state index in [0.717, 1.165) is 36.4 Å². The summed E-state index contributed by atoms with van der Waals surface area (Å²) in [6.45, 7) is 8.04. The fourth-order valence-electron chi connectivity index (χ4n) is 1.27. The Kier molecular flexibility index (Phi) is 10.5. The standard InChI is InChI=1S/C12H18ClN3S.HI/c1-3-8-15-12(14-4-2)16-9-7-10-5-6-11(13)17-10;/h3,5-6H,1,4,7-9H2,2H3,(H2,14,15,16);1H. The molecule has 0 saturated carbocycles. The molecular formula is C12H19ClIN3S. The van der Waals surface area contributed by atoms with E-state index in [1.807, 2.05) is 25.1 Å². The van der Waals surface area contributed by atoms with Crippen LogP contribution in [0.15, 0.2) is 29.8 Å². The highest BCUT2D eigenvalue weighted by Gasteiger charge is 1.98. The first-order valence-electron chi connectivity index (χ1n) is 5.63. The summed E-state index contributed by atoms with van der Waals surface area (Å²) in [5.41, 5.74) is 0. The molecule has 3 nitrogen and oxygen atoms in total. The molecule has 2 N–H and O–H groups in total. The lowest BCUT2D eigenvalue weighted by atomic mass is 10.3. The zero-order valence-corrected chi connectivity index (χ0v) is 14.3. The minimum absolute atomic E-state index is 0. The summed E-state index contributed by atoms with van der Waals surface area (Å²) in [5.74, 6) is 0.829. The minimum Gasteiger partial charge on any atom is -0.357 e. The molecule has 0 saturated heterocycles. The lowest BCUT2D eigenvalue weighted by Crippen LogP contribution is -2.37. The Morgan fingerprint density at radius 1 is 1.50 bits per heavy atom. The zero-order valence-electron chi connectivity index (χ0n) is 10.4. The van der Waals surface area contributed by atoms with Crippen LogP contribution in [0.1, 0.15) is 11.8 Å². The van der Waals surface area contributed by atoms with E-state index < -0.39 is 0 Å². The maximum absolute atomic E-state index is 5.87. The van der Waals surface area contributed by atoms with Crippen LogP contribution in [0.5, 0.6) is 0 Å². The number of hydrogen-bond acceptors (Lipinski definition) is 2. The van der Waals surface area contributed by atoms with E-state index in [4.69, 9.17) is 11.6 Å². The van der Waals surface area contributed by atoms with Crippen LogP contribution in [-0.2, 0) is 6.42 Å². The van der Waals surface area contributed by atoms with Gasteiger partial charge in [-0.3, -0.25) is 4.99 Å². The lowest BCUT2D eigenvalue weighted by molar-refractivity contribution is 0.854. The number of rotatable bonds is 6. The Balaban J connectivity index is 0.00000289. The third kappa shape index (κ3) is 7.23. The van der Waals surface area contributed by atoms with E-state index >= 15 is 0 Å². The fraction of sp³-hybridized carbons (Fsp3) is 0.417. The average Bonchev–Trinajstić information content (AvgIpc) is 2.72. The molecule has 0 fully saturated rings. The molecule has 6 heteroatoms. The summed E-state index contributed by atoms with van der Waals surface area (Å²) >= 11 is 7.48. The van der Waals surface area contributed by atoms with Crippen molar-refractivity contribution >= 4 is 52.9 Å². The smallest absolute Gasteiger partial charge is 0.191 e. The lowest BCUT2D eigenvalue weighted by Gasteiger charge is -2.08. The summed E-state index contributed by atoms with van der Waals surface area (Å²) in [6, 6.07) is 3.97. The highest BCUT2D eigenvalue weighted by Crippen LogP contribution is 2.21. The van der Waals surface area contributed by atoms with E-state index in [2.05, 4.69) is 22.2 Å². The first-order valence-corrected chi connectivity index (χ1v) is 6.83. The van der Waals surface area contributed by atoms with Gasteiger partial charge in [0.1, 0.15) is 0 Å². The zero-order chi connectivity index (χ0) is 12.5. The Hall–Kier alpha value is -0.270. The van der Waals surface area contributed by atoms with Gasteiger partial charge in [-0.25, -0.2) is 0 Å². The molecule has 0 spiro atoms. The van der Waals surface area contributed by atoms with Crippen LogP contribution in [0.2, 0.25) is 4.34 Å². The maximum atomic E-state index is 5.87. The summed E-state index contributed by atoms with van der Waals surface area (Å²) in [4.78, 5) is 5.73. The summed E-state index contributed by atoms with van der Waals surface area (Å²) in [7, 11) is 0.